The van der Waals surface area contributed by atoms with Crippen LogP contribution in [0.3, 0.4) is 0 Å². The van der Waals surface area contributed by atoms with Crippen molar-refractivity contribution in [2.75, 3.05) is 6.61 Å². The first kappa shape index (κ1) is 17.3. The molecule has 1 saturated carbocycles. The standard InChI is InChI=1S/C20H28O4/c1-20(2,3)24-19(22)10-14-8-15-6-7-16(23-12-13-4-5-13)11-17(15)18(21)9-14/h6-7,11,13-14,18,21H,4-5,8-10,12H2,1-3H3. The van der Waals surface area contributed by atoms with Crippen LogP contribution in [0, 0.1) is 11.8 Å². The van der Waals surface area contributed by atoms with Gasteiger partial charge in [0.05, 0.1) is 12.7 Å². The number of hydrogen-bond acceptors (Lipinski definition) is 4. The average Bonchev–Trinajstić information content (AvgIpc) is 3.27. The van der Waals surface area contributed by atoms with Gasteiger partial charge in [-0.25, -0.2) is 0 Å². The van der Waals surface area contributed by atoms with Crippen molar-refractivity contribution in [1.82, 2.24) is 0 Å². The monoisotopic (exact) mass is 332 g/mol. The fraction of sp³-hybridized carbons (Fsp3) is 0.650. The summed E-state index contributed by atoms with van der Waals surface area (Å²) in [5.41, 5.74) is 1.60. The van der Waals surface area contributed by atoms with Crippen LogP contribution in [0.4, 0.5) is 0 Å². The fourth-order valence-corrected chi connectivity index (χ4v) is 3.27. The second kappa shape index (κ2) is 6.75. The minimum Gasteiger partial charge on any atom is -0.493 e. The maximum Gasteiger partial charge on any atom is 0.306 e. The number of aliphatic hydroxyl groups excluding tert-OH is 1. The summed E-state index contributed by atoms with van der Waals surface area (Å²) in [5, 5.41) is 10.5. The zero-order valence-corrected chi connectivity index (χ0v) is 14.9. The zero-order valence-electron chi connectivity index (χ0n) is 14.9. The summed E-state index contributed by atoms with van der Waals surface area (Å²) in [6.07, 6.45) is 3.74. The van der Waals surface area contributed by atoms with Crippen LogP contribution < -0.4 is 4.74 Å². The lowest BCUT2D eigenvalue weighted by Gasteiger charge is -2.29. The van der Waals surface area contributed by atoms with Crippen LogP contribution in [0.15, 0.2) is 18.2 Å². The van der Waals surface area contributed by atoms with Crippen LogP contribution in [0.25, 0.3) is 0 Å². The highest BCUT2D eigenvalue weighted by Crippen LogP contribution is 2.37. The van der Waals surface area contributed by atoms with Gasteiger partial charge in [-0.2, -0.15) is 0 Å². The highest BCUT2D eigenvalue weighted by Gasteiger charge is 2.29. The molecule has 2 aliphatic carbocycles. The van der Waals surface area contributed by atoms with Gasteiger partial charge in [-0.1, -0.05) is 6.07 Å². The summed E-state index contributed by atoms with van der Waals surface area (Å²) in [4.78, 5) is 12.0. The fourth-order valence-electron chi connectivity index (χ4n) is 3.27. The van der Waals surface area contributed by atoms with Crippen molar-refractivity contribution in [3.8, 4) is 5.75 Å². The summed E-state index contributed by atoms with van der Waals surface area (Å²) in [7, 11) is 0. The lowest BCUT2D eigenvalue weighted by Crippen LogP contribution is -2.27. The Labute approximate surface area is 144 Å². The number of esters is 1. The Morgan fingerprint density at radius 1 is 1.25 bits per heavy atom. The third-order valence-corrected chi connectivity index (χ3v) is 4.60. The molecule has 1 aromatic carbocycles. The molecule has 0 aromatic heterocycles. The molecule has 1 aromatic rings. The van der Waals surface area contributed by atoms with Crippen molar-refractivity contribution in [2.45, 2.75) is 64.6 Å². The van der Waals surface area contributed by atoms with Crippen molar-refractivity contribution >= 4 is 5.97 Å². The molecule has 3 rings (SSSR count). The summed E-state index contributed by atoms with van der Waals surface area (Å²) in [5.74, 6) is 1.49. The first-order valence-electron chi connectivity index (χ1n) is 8.95. The number of hydrogen-bond donors (Lipinski definition) is 1. The molecule has 1 N–H and O–H groups in total. The highest BCUT2D eigenvalue weighted by molar-refractivity contribution is 5.70. The second-order valence-electron chi connectivity index (χ2n) is 8.23. The van der Waals surface area contributed by atoms with Gasteiger partial charge in [0.1, 0.15) is 11.4 Å². The topological polar surface area (TPSA) is 55.8 Å². The second-order valence-corrected chi connectivity index (χ2v) is 8.23. The Hall–Kier alpha value is -1.55. The Morgan fingerprint density at radius 3 is 2.67 bits per heavy atom. The van der Waals surface area contributed by atoms with Gasteiger partial charge < -0.3 is 14.6 Å². The van der Waals surface area contributed by atoms with Crippen molar-refractivity contribution < 1.29 is 19.4 Å². The number of ether oxygens (including phenoxy) is 2. The Balaban J connectivity index is 1.61. The Bertz CT molecular complexity index is 598. The third kappa shape index (κ3) is 4.73. The van der Waals surface area contributed by atoms with Crippen LogP contribution >= 0.6 is 0 Å². The van der Waals surface area contributed by atoms with E-state index in [0.717, 1.165) is 29.9 Å². The van der Waals surface area contributed by atoms with E-state index in [2.05, 4.69) is 0 Å². The van der Waals surface area contributed by atoms with Crippen LogP contribution in [0.1, 0.15) is 63.7 Å². The Morgan fingerprint density at radius 2 is 2.00 bits per heavy atom. The van der Waals surface area contributed by atoms with Crippen LogP contribution in [-0.4, -0.2) is 23.3 Å². The van der Waals surface area contributed by atoms with E-state index in [1.807, 2.05) is 39.0 Å². The first-order valence-corrected chi connectivity index (χ1v) is 8.95. The van der Waals surface area contributed by atoms with Gasteiger partial charge in [-0.15, -0.1) is 0 Å². The number of rotatable bonds is 5. The summed E-state index contributed by atoms with van der Waals surface area (Å²) >= 11 is 0. The molecular formula is C20H28O4. The molecule has 0 amide bonds. The molecule has 24 heavy (non-hydrogen) atoms. The van der Waals surface area contributed by atoms with Crippen molar-refractivity contribution in [1.29, 1.82) is 0 Å². The lowest BCUT2D eigenvalue weighted by molar-refractivity contribution is -0.156. The van der Waals surface area contributed by atoms with E-state index in [-0.39, 0.29) is 11.9 Å². The minimum atomic E-state index is -0.536. The van der Waals surface area contributed by atoms with Crippen molar-refractivity contribution in [3.63, 3.8) is 0 Å². The smallest absolute Gasteiger partial charge is 0.306 e. The molecule has 4 heteroatoms. The minimum absolute atomic E-state index is 0.126. The molecule has 0 spiro atoms. The van der Waals surface area contributed by atoms with Crippen molar-refractivity contribution in [2.24, 2.45) is 11.8 Å². The molecule has 2 aliphatic rings. The van der Waals surface area contributed by atoms with E-state index >= 15 is 0 Å². The molecule has 0 radical (unpaired) electrons. The van der Waals surface area contributed by atoms with E-state index in [9.17, 15) is 9.90 Å². The maximum absolute atomic E-state index is 12.0. The van der Waals surface area contributed by atoms with Gasteiger partial charge in [-0.3, -0.25) is 4.79 Å². The first-order chi connectivity index (χ1) is 11.3. The molecule has 0 saturated heterocycles. The number of fused-ring (bicyclic) bond motifs is 1. The van der Waals surface area contributed by atoms with Gasteiger partial charge in [0, 0.05) is 6.42 Å². The van der Waals surface area contributed by atoms with Gasteiger partial charge in [0.15, 0.2) is 0 Å². The largest absolute Gasteiger partial charge is 0.493 e. The third-order valence-electron chi connectivity index (χ3n) is 4.60. The normalized spacial score (nSPS) is 23.5. The van der Waals surface area contributed by atoms with Gasteiger partial charge in [0.25, 0.3) is 0 Å². The van der Waals surface area contributed by atoms with Gasteiger partial charge in [-0.05, 0) is 81.5 Å². The molecular weight excluding hydrogens is 304 g/mol. The number of benzene rings is 1. The molecule has 4 nitrogen and oxygen atoms in total. The molecule has 0 aliphatic heterocycles. The molecule has 2 unspecified atom stereocenters. The molecule has 2 atom stereocenters. The van der Waals surface area contributed by atoms with Crippen LogP contribution in [0.5, 0.6) is 5.75 Å². The quantitative estimate of drug-likeness (QED) is 0.833. The molecule has 1 fully saturated rings. The van der Waals surface area contributed by atoms with E-state index in [1.165, 1.54) is 12.8 Å². The van der Waals surface area contributed by atoms with Crippen molar-refractivity contribution in [3.05, 3.63) is 29.3 Å². The number of carbonyl (C=O) groups is 1. The maximum atomic E-state index is 12.0. The van der Waals surface area contributed by atoms with E-state index in [0.29, 0.717) is 18.8 Å². The Kier molecular flexibility index (Phi) is 4.86. The van der Waals surface area contributed by atoms with E-state index in [4.69, 9.17) is 9.47 Å². The average molecular weight is 332 g/mol. The lowest BCUT2D eigenvalue weighted by atomic mass is 9.80. The predicted molar refractivity (Wildman–Crippen MR) is 91.9 cm³/mol. The number of aliphatic hydroxyl groups is 1. The van der Waals surface area contributed by atoms with E-state index < -0.39 is 11.7 Å². The molecule has 0 bridgehead atoms. The van der Waals surface area contributed by atoms with Gasteiger partial charge >= 0.3 is 5.97 Å². The van der Waals surface area contributed by atoms with Crippen LogP contribution in [0.2, 0.25) is 0 Å². The van der Waals surface area contributed by atoms with E-state index in [1.54, 1.807) is 0 Å². The predicted octanol–water partition coefficient (Wildman–Crippen LogP) is 3.80. The summed E-state index contributed by atoms with van der Waals surface area (Å²) in [6.45, 7) is 6.40. The summed E-state index contributed by atoms with van der Waals surface area (Å²) < 4.78 is 11.2. The van der Waals surface area contributed by atoms with Gasteiger partial charge in [0.2, 0.25) is 0 Å². The highest BCUT2D eigenvalue weighted by atomic mass is 16.6. The van der Waals surface area contributed by atoms with Crippen LogP contribution in [-0.2, 0) is 16.0 Å². The summed E-state index contributed by atoms with van der Waals surface area (Å²) in [6, 6.07) is 5.97. The molecule has 0 heterocycles. The molecule has 132 valence electrons. The SMILES string of the molecule is CC(C)(C)OC(=O)CC1Cc2ccc(OCC3CC3)cc2C(O)C1. The number of carbonyl (C=O) groups excluding carboxylic acids is 1. The zero-order chi connectivity index (χ0) is 17.3.